The van der Waals surface area contributed by atoms with Gasteiger partial charge in [0, 0.05) is 24.3 Å². The lowest BCUT2D eigenvalue weighted by Gasteiger charge is -2.19. The molecule has 29 heavy (non-hydrogen) atoms. The van der Waals surface area contributed by atoms with Gasteiger partial charge in [0.05, 0.1) is 11.5 Å². The molecule has 1 aliphatic heterocycles. The molecule has 1 heterocycles. The number of halogens is 3. The lowest BCUT2D eigenvalue weighted by molar-refractivity contribution is -0.137. The van der Waals surface area contributed by atoms with Gasteiger partial charge in [0.15, 0.2) is 0 Å². The molecule has 154 valence electrons. The second kappa shape index (κ2) is 7.89. The van der Waals surface area contributed by atoms with Crippen molar-refractivity contribution in [3.63, 3.8) is 0 Å². The van der Waals surface area contributed by atoms with Crippen molar-refractivity contribution in [1.82, 2.24) is 0 Å². The Labute approximate surface area is 167 Å². The average molecular weight is 404 g/mol. The van der Waals surface area contributed by atoms with E-state index < -0.39 is 17.7 Å². The highest BCUT2D eigenvalue weighted by atomic mass is 19.4. The highest BCUT2D eigenvalue weighted by Gasteiger charge is 2.35. The van der Waals surface area contributed by atoms with E-state index in [1.165, 1.54) is 17.7 Å². The van der Waals surface area contributed by atoms with Crippen LogP contribution in [-0.2, 0) is 15.8 Å². The van der Waals surface area contributed by atoms with Crippen LogP contribution in [0.1, 0.15) is 42.9 Å². The molecule has 0 aromatic heterocycles. The van der Waals surface area contributed by atoms with Gasteiger partial charge in [0.2, 0.25) is 11.8 Å². The third-order valence-corrected chi connectivity index (χ3v) is 5.16. The molecule has 1 unspecified atom stereocenters. The number of amides is 2. The second-order valence-corrected chi connectivity index (χ2v) is 7.67. The topological polar surface area (TPSA) is 49.4 Å². The van der Waals surface area contributed by atoms with Gasteiger partial charge in [-0.15, -0.1) is 0 Å². The fourth-order valence-corrected chi connectivity index (χ4v) is 3.60. The Kier molecular flexibility index (Phi) is 5.68. The zero-order chi connectivity index (χ0) is 21.3. The van der Waals surface area contributed by atoms with Crippen molar-refractivity contribution >= 4 is 23.2 Å². The third-order valence-electron chi connectivity index (χ3n) is 5.16. The third kappa shape index (κ3) is 4.60. The molecule has 1 aliphatic rings. The number of carbonyl (C=O) groups is 2. The molecular weight excluding hydrogens is 381 g/mol. The van der Waals surface area contributed by atoms with Crippen molar-refractivity contribution < 1.29 is 22.8 Å². The van der Waals surface area contributed by atoms with Gasteiger partial charge in [-0.3, -0.25) is 9.59 Å². The van der Waals surface area contributed by atoms with Crippen LogP contribution in [-0.4, -0.2) is 18.4 Å². The normalized spacial score (nSPS) is 17.1. The molecule has 1 N–H and O–H groups in total. The molecule has 0 radical (unpaired) electrons. The molecule has 0 bridgehead atoms. The van der Waals surface area contributed by atoms with Crippen LogP contribution < -0.4 is 10.2 Å². The lowest BCUT2D eigenvalue weighted by atomic mass is 9.97. The van der Waals surface area contributed by atoms with Crippen LogP contribution in [0.2, 0.25) is 0 Å². The highest BCUT2D eigenvalue weighted by Crippen LogP contribution is 2.31. The maximum absolute atomic E-state index is 12.6. The number of rotatable bonds is 4. The summed E-state index contributed by atoms with van der Waals surface area (Å²) < 4.78 is 37.9. The molecule has 1 fully saturated rings. The van der Waals surface area contributed by atoms with Gasteiger partial charge in [0.25, 0.3) is 0 Å². The molecule has 1 atom stereocenters. The summed E-state index contributed by atoms with van der Waals surface area (Å²) >= 11 is 0. The number of nitrogens with zero attached hydrogens (tertiary/aromatic N) is 1. The largest absolute Gasteiger partial charge is 0.416 e. The first-order valence-corrected chi connectivity index (χ1v) is 9.45. The van der Waals surface area contributed by atoms with Crippen molar-refractivity contribution in [2.24, 2.45) is 5.92 Å². The number of carbonyl (C=O) groups excluding carboxylic acids is 2. The summed E-state index contributed by atoms with van der Waals surface area (Å²) in [5.74, 6) is -0.708. The predicted octanol–water partition coefficient (Wildman–Crippen LogP) is 5.13. The Morgan fingerprint density at radius 1 is 1.14 bits per heavy atom. The second-order valence-electron chi connectivity index (χ2n) is 7.67. The molecule has 7 heteroatoms. The van der Waals surface area contributed by atoms with E-state index in [-0.39, 0.29) is 30.5 Å². The monoisotopic (exact) mass is 404 g/mol. The lowest BCUT2D eigenvalue weighted by Crippen LogP contribution is -2.28. The number of hydrogen-bond acceptors (Lipinski definition) is 2. The summed E-state index contributed by atoms with van der Waals surface area (Å²) in [5, 5.41) is 2.61. The Morgan fingerprint density at radius 3 is 2.34 bits per heavy atom. The van der Waals surface area contributed by atoms with E-state index in [9.17, 15) is 22.8 Å². The molecule has 3 rings (SSSR count). The van der Waals surface area contributed by atoms with E-state index in [1.807, 2.05) is 25.1 Å². The summed E-state index contributed by atoms with van der Waals surface area (Å²) in [7, 11) is 0. The Balaban J connectivity index is 1.68. The van der Waals surface area contributed by atoms with Gasteiger partial charge in [0.1, 0.15) is 0 Å². The zero-order valence-electron chi connectivity index (χ0n) is 16.5. The predicted molar refractivity (Wildman–Crippen MR) is 106 cm³/mol. The highest BCUT2D eigenvalue weighted by molar-refractivity contribution is 6.03. The molecule has 4 nitrogen and oxygen atoms in total. The molecule has 2 aromatic rings. The molecule has 2 aromatic carbocycles. The van der Waals surface area contributed by atoms with Crippen molar-refractivity contribution in [2.75, 3.05) is 16.8 Å². The summed E-state index contributed by atoms with van der Waals surface area (Å²) in [6.07, 6.45) is -4.36. The Morgan fingerprint density at radius 2 is 1.79 bits per heavy atom. The summed E-state index contributed by atoms with van der Waals surface area (Å²) in [5.41, 5.74) is 2.53. The van der Waals surface area contributed by atoms with Crippen LogP contribution in [0.25, 0.3) is 0 Å². The van der Waals surface area contributed by atoms with Gasteiger partial charge >= 0.3 is 6.18 Å². The van der Waals surface area contributed by atoms with Crippen molar-refractivity contribution in [1.29, 1.82) is 0 Å². The Bertz CT molecular complexity index is 921. The van der Waals surface area contributed by atoms with Crippen LogP contribution in [0, 0.1) is 12.8 Å². The first-order valence-electron chi connectivity index (χ1n) is 9.45. The molecule has 0 spiro atoms. The van der Waals surface area contributed by atoms with Crippen molar-refractivity contribution in [2.45, 2.75) is 39.3 Å². The molecular formula is C22H23F3N2O2. The summed E-state index contributed by atoms with van der Waals surface area (Å²) in [4.78, 5) is 26.6. The minimum atomic E-state index is -4.43. The summed E-state index contributed by atoms with van der Waals surface area (Å²) in [6, 6.07) is 10.1. The number of alkyl halides is 3. The number of benzene rings is 2. The molecule has 0 aliphatic carbocycles. The quantitative estimate of drug-likeness (QED) is 0.768. The van der Waals surface area contributed by atoms with E-state index in [0.29, 0.717) is 5.92 Å². The Hall–Kier alpha value is -2.83. The van der Waals surface area contributed by atoms with Gasteiger partial charge in [-0.1, -0.05) is 19.9 Å². The first kappa shape index (κ1) is 20.9. The van der Waals surface area contributed by atoms with Crippen LogP contribution >= 0.6 is 0 Å². The van der Waals surface area contributed by atoms with E-state index in [1.54, 1.807) is 4.90 Å². The maximum atomic E-state index is 12.6. The zero-order valence-corrected chi connectivity index (χ0v) is 16.5. The van der Waals surface area contributed by atoms with Gasteiger partial charge in [-0.2, -0.15) is 13.2 Å². The maximum Gasteiger partial charge on any atom is 0.416 e. The van der Waals surface area contributed by atoms with E-state index in [4.69, 9.17) is 0 Å². The molecule has 2 amide bonds. The minimum absolute atomic E-state index is 0.0669. The SMILES string of the molecule is Cc1cc(N2CC(C(=O)Nc3ccc(C(F)(F)F)cc3)CC2=O)ccc1C(C)C. The van der Waals surface area contributed by atoms with Crippen LogP contribution in [0.15, 0.2) is 42.5 Å². The fourth-order valence-electron chi connectivity index (χ4n) is 3.60. The molecule has 1 saturated heterocycles. The standard InChI is InChI=1S/C22H23F3N2O2/c1-13(2)19-9-8-18(10-14(19)3)27-12-15(11-20(27)28)21(29)26-17-6-4-16(5-7-17)22(23,24)25/h4-10,13,15H,11-12H2,1-3H3,(H,26,29). The summed E-state index contributed by atoms with van der Waals surface area (Å²) in [6.45, 7) is 6.44. The fraction of sp³-hybridized carbons (Fsp3) is 0.364. The van der Waals surface area contributed by atoms with Crippen LogP contribution in [0.4, 0.5) is 24.5 Å². The van der Waals surface area contributed by atoms with Gasteiger partial charge in [-0.25, -0.2) is 0 Å². The van der Waals surface area contributed by atoms with E-state index in [0.717, 1.165) is 23.4 Å². The van der Waals surface area contributed by atoms with Gasteiger partial charge in [-0.05, 0) is 60.4 Å². The number of anilines is 2. The average Bonchev–Trinajstić information content (AvgIpc) is 3.03. The first-order chi connectivity index (χ1) is 13.6. The molecule has 0 saturated carbocycles. The van der Waals surface area contributed by atoms with E-state index >= 15 is 0 Å². The number of aryl methyl sites for hydroxylation is 1. The smallest absolute Gasteiger partial charge is 0.326 e. The van der Waals surface area contributed by atoms with E-state index in [2.05, 4.69) is 19.2 Å². The van der Waals surface area contributed by atoms with Crippen LogP contribution in [0.5, 0.6) is 0 Å². The van der Waals surface area contributed by atoms with Crippen molar-refractivity contribution in [3.05, 3.63) is 59.2 Å². The van der Waals surface area contributed by atoms with Crippen molar-refractivity contribution in [3.8, 4) is 0 Å². The van der Waals surface area contributed by atoms with Gasteiger partial charge < -0.3 is 10.2 Å². The van der Waals surface area contributed by atoms with Crippen LogP contribution in [0.3, 0.4) is 0 Å². The number of hydrogen-bond donors (Lipinski definition) is 1. The minimum Gasteiger partial charge on any atom is -0.326 e. The number of nitrogens with one attached hydrogen (secondary N) is 1.